The lowest BCUT2D eigenvalue weighted by Crippen LogP contribution is -2.25. The van der Waals surface area contributed by atoms with Crippen LogP contribution in [-0.4, -0.2) is 8.80 Å². The summed E-state index contributed by atoms with van der Waals surface area (Å²) < 4.78 is 3.56. The number of unbranched alkanes of at least 4 members (excludes halogenated alkanes) is 8. The lowest BCUT2D eigenvalue weighted by molar-refractivity contribution is 0.632. The summed E-state index contributed by atoms with van der Waals surface area (Å²) in [6.45, 7) is 8.56. The molecular weight excluding hydrogens is 613 g/mol. The van der Waals surface area contributed by atoms with Crippen molar-refractivity contribution >= 4 is 21.8 Å². The van der Waals surface area contributed by atoms with Gasteiger partial charge in [-0.1, -0.05) is 112 Å². The third kappa shape index (κ3) is 7.41. The van der Waals surface area contributed by atoms with Gasteiger partial charge in [0.25, 0.3) is 11.1 Å². The van der Waals surface area contributed by atoms with E-state index in [4.69, 9.17) is 0 Å². The molecule has 0 aliphatic rings. The van der Waals surface area contributed by atoms with Gasteiger partial charge in [-0.05, 0) is 111 Å². The largest absolute Gasteiger partial charge is 0.269 e. The molecule has 4 nitrogen and oxygen atoms in total. The first-order chi connectivity index (χ1) is 24.4. The fourth-order valence-electron chi connectivity index (χ4n) is 7.09. The van der Waals surface area contributed by atoms with Crippen molar-refractivity contribution < 1.29 is 0 Å². The van der Waals surface area contributed by atoms with Crippen molar-refractivity contribution in [3.05, 3.63) is 138 Å². The van der Waals surface area contributed by atoms with Crippen LogP contribution in [0.25, 0.3) is 21.8 Å². The highest BCUT2D eigenvalue weighted by Gasteiger charge is 2.23. The first-order valence-electron chi connectivity index (χ1n) is 18.6. The number of aromatic nitrogens is 2. The Balaban J connectivity index is 1.60. The molecule has 0 atom stereocenters. The van der Waals surface area contributed by atoms with E-state index in [1.54, 1.807) is 8.80 Å². The molecule has 0 aliphatic carbocycles. The molecule has 0 spiro atoms. The second-order valence-electron chi connectivity index (χ2n) is 13.8. The number of hydrogen-bond donors (Lipinski definition) is 0. The van der Waals surface area contributed by atoms with E-state index in [1.807, 2.05) is 72.8 Å². The molecule has 0 unspecified atom stereocenters. The van der Waals surface area contributed by atoms with Gasteiger partial charge < -0.3 is 0 Å². The molecule has 4 heterocycles. The van der Waals surface area contributed by atoms with Gasteiger partial charge in [0, 0.05) is 11.1 Å². The van der Waals surface area contributed by atoms with Gasteiger partial charge in [-0.2, -0.15) is 0 Å². The van der Waals surface area contributed by atoms with Crippen molar-refractivity contribution in [1.82, 2.24) is 8.80 Å². The minimum absolute atomic E-state index is 0.153. The van der Waals surface area contributed by atoms with Crippen LogP contribution in [0.15, 0.2) is 82.4 Å². The summed E-state index contributed by atoms with van der Waals surface area (Å²) in [6.07, 6.45) is 12.6. The molecule has 254 valence electrons. The first-order valence-corrected chi connectivity index (χ1v) is 18.6. The molecule has 6 rings (SSSR count). The van der Waals surface area contributed by atoms with Gasteiger partial charge in [0.05, 0.1) is 21.8 Å². The molecule has 0 amide bonds. The molecule has 2 aromatic carbocycles. The maximum absolute atomic E-state index is 14.8. The zero-order chi connectivity index (χ0) is 35.0. The lowest BCUT2D eigenvalue weighted by atomic mass is 9.95. The molecule has 0 saturated carbocycles. The number of pyridine rings is 2. The van der Waals surface area contributed by atoms with Crippen LogP contribution in [0.4, 0.5) is 0 Å². The van der Waals surface area contributed by atoms with Crippen LogP contribution in [0.5, 0.6) is 0 Å². The maximum atomic E-state index is 14.8. The molecule has 0 fully saturated rings. The summed E-state index contributed by atoms with van der Waals surface area (Å²) in [4.78, 5) is 29.6. The first kappa shape index (κ1) is 34.8. The standard InChI is InChI=1S/C46H48N2O2/c1-5-7-9-11-13-15-39-41-31-29-37(27-25-35-21-17-33(3)18-22-35)47(41)46(50)44-40(16-14-12-10-8-6-2)42-32-30-38(48(42)45(49)43(39)44)28-26-36-23-19-34(4)20-24-36/h17-24,29-32H,5-16H2,1-4H3. The van der Waals surface area contributed by atoms with Gasteiger partial charge >= 0.3 is 0 Å². The summed E-state index contributed by atoms with van der Waals surface area (Å²) >= 11 is 0. The Morgan fingerprint density at radius 1 is 0.460 bits per heavy atom. The molecule has 4 heteroatoms. The highest BCUT2D eigenvalue weighted by molar-refractivity contribution is 5.96. The fraction of sp³-hybridized carbons (Fsp3) is 0.348. The predicted octanol–water partition coefficient (Wildman–Crippen LogP) is 9.95. The normalized spacial score (nSPS) is 11.2. The third-order valence-corrected chi connectivity index (χ3v) is 9.90. The van der Waals surface area contributed by atoms with Crippen LogP contribution in [0, 0.1) is 37.5 Å². The van der Waals surface area contributed by atoms with E-state index in [2.05, 4.69) is 51.4 Å². The van der Waals surface area contributed by atoms with Gasteiger partial charge in [-0.15, -0.1) is 0 Å². The van der Waals surface area contributed by atoms with Gasteiger partial charge in [0.2, 0.25) is 0 Å². The van der Waals surface area contributed by atoms with Crippen molar-refractivity contribution in [1.29, 1.82) is 0 Å². The molecule has 0 N–H and O–H groups in total. The monoisotopic (exact) mass is 660 g/mol. The second kappa shape index (κ2) is 16.1. The van der Waals surface area contributed by atoms with E-state index >= 15 is 0 Å². The van der Waals surface area contributed by atoms with Crippen LogP contribution in [0.2, 0.25) is 0 Å². The fourth-order valence-corrected chi connectivity index (χ4v) is 7.09. The quantitative estimate of drug-likeness (QED) is 0.0969. The molecule has 4 aromatic heterocycles. The zero-order valence-corrected chi connectivity index (χ0v) is 30.1. The third-order valence-electron chi connectivity index (χ3n) is 9.90. The molecule has 0 aliphatic heterocycles. The smallest absolute Gasteiger partial charge is 0.264 e. The summed E-state index contributed by atoms with van der Waals surface area (Å²) in [5.41, 5.74) is 8.63. The Bertz CT molecular complexity index is 2180. The van der Waals surface area contributed by atoms with E-state index in [-0.39, 0.29) is 11.1 Å². The number of aryl methyl sites for hydroxylation is 4. The Morgan fingerprint density at radius 2 is 0.840 bits per heavy atom. The molecule has 50 heavy (non-hydrogen) atoms. The Labute approximate surface area is 296 Å². The van der Waals surface area contributed by atoms with E-state index in [0.29, 0.717) is 22.2 Å². The maximum Gasteiger partial charge on any atom is 0.264 e. The molecule has 0 saturated heterocycles. The van der Waals surface area contributed by atoms with Crippen LogP contribution in [0.3, 0.4) is 0 Å². The van der Waals surface area contributed by atoms with E-state index in [1.165, 1.54) is 36.8 Å². The van der Waals surface area contributed by atoms with Crippen LogP contribution in [0.1, 0.15) is 123 Å². The second-order valence-corrected chi connectivity index (χ2v) is 13.8. The van der Waals surface area contributed by atoms with Gasteiger partial charge in [-0.25, -0.2) is 0 Å². The zero-order valence-electron chi connectivity index (χ0n) is 30.1. The number of rotatable bonds is 12. The van der Waals surface area contributed by atoms with Crippen molar-refractivity contribution in [3.63, 3.8) is 0 Å². The average molecular weight is 661 g/mol. The van der Waals surface area contributed by atoms with E-state index in [9.17, 15) is 9.59 Å². The average Bonchev–Trinajstić information content (AvgIpc) is 3.75. The van der Waals surface area contributed by atoms with Crippen molar-refractivity contribution in [2.45, 2.75) is 105 Å². The highest BCUT2D eigenvalue weighted by Crippen LogP contribution is 2.29. The summed E-state index contributed by atoms with van der Waals surface area (Å²) in [5.74, 6) is 13.2. The van der Waals surface area contributed by atoms with Crippen molar-refractivity contribution in [2.24, 2.45) is 0 Å². The Kier molecular flexibility index (Phi) is 11.2. The molecule has 6 aromatic rings. The van der Waals surface area contributed by atoms with Crippen molar-refractivity contribution in [2.75, 3.05) is 0 Å². The number of benzene rings is 2. The summed E-state index contributed by atoms with van der Waals surface area (Å²) in [5, 5.41) is 1.11. The van der Waals surface area contributed by atoms with Gasteiger partial charge in [0.1, 0.15) is 11.4 Å². The van der Waals surface area contributed by atoms with E-state index < -0.39 is 0 Å². The Morgan fingerprint density at radius 3 is 1.22 bits per heavy atom. The predicted molar refractivity (Wildman–Crippen MR) is 209 cm³/mol. The minimum atomic E-state index is -0.153. The van der Waals surface area contributed by atoms with Crippen LogP contribution in [-0.2, 0) is 12.8 Å². The molecule has 0 radical (unpaired) electrons. The molecular formula is C46H48N2O2. The number of nitrogens with zero attached hydrogens (tertiary/aromatic N) is 2. The van der Waals surface area contributed by atoms with Gasteiger partial charge in [0.15, 0.2) is 0 Å². The van der Waals surface area contributed by atoms with Crippen molar-refractivity contribution in [3.8, 4) is 23.7 Å². The Hall–Kier alpha value is -5.06. The van der Waals surface area contributed by atoms with E-state index in [0.717, 1.165) is 84.7 Å². The topological polar surface area (TPSA) is 43.0 Å². The lowest BCUT2D eigenvalue weighted by Gasteiger charge is -2.15. The number of fused-ring (bicyclic) bond motifs is 3. The van der Waals surface area contributed by atoms with Crippen LogP contribution >= 0.6 is 0 Å². The SMILES string of the molecule is CCCCCCCc1c2c(=O)n3c(C#Cc4ccc(C)cc4)ccc3c(CCCCCCC)c2c(=O)n2c(C#Cc3ccc(C)cc3)ccc12. The summed E-state index contributed by atoms with van der Waals surface area (Å²) in [7, 11) is 0. The van der Waals surface area contributed by atoms with Gasteiger partial charge in [-0.3, -0.25) is 18.4 Å². The van der Waals surface area contributed by atoms with Crippen LogP contribution < -0.4 is 11.1 Å². The minimum Gasteiger partial charge on any atom is -0.269 e. The highest BCUT2D eigenvalue weighted by atomic mass is 16.1. The summed E-state index contributed by atoms with van der Waals surface area (Å²) in [6, 6.07) is 24.1. The molecule has 0 bridgehead atoms. The number of hydrogen-bond acceptors (Lipinski definition) is 2.